The Morgan fingerprint density at radius 1 is 1.38 bits per heavy atom. The second-order valence-corrected chi connectivity index (χ2v) is 8.35. The number of amides is 1. The van der Waals surface area contributed by atoms with Crippen LogP contribution in [0.3, 0.4) is 0 Å². The summed E-state index contributed by atoms with van der Waals surface area (Å²) in [5.41, 5.74) is 1.09. The first-order chi connectivity index (χ1) is 11.0. The number of carbonyl (C=O) groups is 1. The predicted octanol–water partition coefficient (Wildman–Crippen LogP) is 1.38. The van der Waals surface area contributed by atoms with Crippen molar-refractivity contribution in [2.75, 3.05) is 29.7 Å². The molecule has 2 fully saturated rings. The van der Waals surface area contributed by atoms with Crippen LogP contribution in [-0.2, 0) is 10.0 Å². The number of piperidine rings is 1. The summed E-state index contributed by atoms with van der Waals surface area (Å²) in [7, 11) is -3.23. The van der Waals surface area contributed by atoms with Gasteiger partial charge in [0.05, 0.1) is 11.4 Å². The number of hydrogen-bond donors (Lipinski definition) is 2. The van der Waals surface area contributed by atoms with Crippen LogP contribution >= 0.6 is 12.4 Å². The van der Waals surface area contributed by atoms with Gasteiger partial charge in [0.1, 0.15) is 0 Å². The van der Waals surface area contributed by atoms with Gasteiger partial charge in [0.2, 0.25) is 10.0 Å². The lowest BCUT2D eigenvalue weighted by atomic mass is 9.95. The van der Waals surface area contributed by atoms with Crippen LogP contribution in [0.5, 0.6) is 0 Å². The van der Waals surface area contributed by atoms with E-state index in [0.29, 0.717) is 30.1 Å². The predicted molar refractivity (Wildman–Crippen MR) is 97.3 cm³/mol. The first kappa shape index (κ1) is 19.0. The van der Waals surface area contributed by atoms with E-state index in [4.69, 9.17) is 0 Å². The molecule has 8 heteroatoms. The van der Waals surface area contributed by atoms with E-state index in [1.54, 1.807) is 24.3 Å². The summed E-state index contributed by atoms with van der Waals surface area (Å²) in [6.45, 7) is 4.40. The van der Waals surface area contributed by atoms with E-state index in [0.717, 1.165) is 19.5 Å². The minimum atomic E-state index is -3.23. The van der Waals surface area contributed by atoms with Crippen molar-refractivity contribution in [3.8, 4) is 0 Å². The Hall–Kier alpha value is -1.31. The Morgan fingerprint density at radius 3 is 2.83 bits per heavy atom. The second kappa shape index (κ2) is 7.72. The summed E-state index contributed by atoms with van der Waals surface area (Å²) in [5, 5.41) is 6.38. The van der Waals surface area contributed by atoms with Gasteiger partial charge in [0.15, 0.2) is 0 Å². The summed E-state index contributed by atoms with van der Waals surface area (Å²) < 4.78 is 25.4. The van der Waals surface area contributed by atoms with Crippen molar-refractivity contribution >= 4 is 34.0 Å². The highest BCUT2D eigenvalue weighted by molar-refractivity contribution is 7.93. The van der Waals surface area contributed by atoms with E-state index in [1.807, 2.05) is 0 Å². The zero-order valence-corrected chi connectivity index (χ0v) is 15.3. The molecule has 2 heterocycles. The molecular weight excluding hydrogens is 350 g/mol. The minimum Gasteiger partial charge on any atom is -0.349 e. The number of benzene rings is 1. The van der Waals surface area contributed by atoms with Crippen LogP contribution in [0.4, 0.5) is 5.69 Å². The molecule has 0 aromatic heterocycles. The van der Waals surface area contributed by atoms with Crippen LogP contribution in [0.25, 0.3) is 0 Å². The quantitative estimate of drug-likeness (QED) is 0.838. The SMILES string of the molecule is CC1CNCCC1NC(=O)c1cccc(N2CCCS2(=O)=O)c1.Cl. The van der Waals surface area contributed by atoms with E-state index in [2.05, 4.69) is 17.6 Å². The molecule has 24 heavy (non-hydrogen) atoms. The van der Waals surface area contributed by atoms with E-state index >= 15 is 0 Å². The van der Waals surface area contributed by atoms with Gasteiger partial charge in [-0.1, -0.05) is 13.0 Å². The largest absolute Gasteiger partial charge is 0.349 e. The Bertz CT molecular complexity index is 696. The number of nitrogens with one attached hydrogen (secondary N) is 2. The van der Waals surface area contributed by atoms with Gasteiger partial charge in [-0.25, -0.2) is 8.42 Å². The number of sulfonamides is 1. The summed E-state index contributed by atoms with van der Waals surface area (Å²) in [6.07, 6.45) is 1.54. The smallest absolute Gasteiger partial charge is 0.251 e. The van der Waals surface area contributed by atoms with Crippen molar-refractivity contribution in [2.24, 2.45) is 5.92 Å². The van der Waals surface area contributed by atoms with Crippen LogP contribution in [0, 0.1) is 5.92 Å². The summed E-state index contributed by atoms with van der Waals surface area (Å²) in [6, 6.07) is 7.04. The molecule has 1 aromatic carbocycles. The highest BCUT2D eigenvalue weighted by Gasteiger charge is 2.29. The van der Waals surface area contributed by atoms with Crippen molar-refractivity contribution in [3.63, 3.8) is 0 Å². The third-order valence-electron chi connectivity index (χ3n) is 4.60. The molecule has 2 unspecified atom stereocenters. The van der Waals surface area contributed by atoms with E-state index in [-0.39, 0.29) is 30.1 Å². The molecule has 2 aliphatic heterocycles. The summed E-state index contributed by atoms with van der Waals surface area (Å²) >= 11 is 0. The number of carbonyl (C=O) groups excluding carboxylic acids is 1. The van der Waals surface area contributed by atoms with Crippen molar-refractivity contribution in [2.45, 2.75) is 25.8 Å². The van der Waals surface area contributed by atoms with Gasteiger partial charge in [-0.2, -0.15) is 0 Å². The maximum Gasteiger partial charge on any atom is 0.251 e. The number of anilines is 1. The average molecular weight is 374 g/mol. The van der Waals surface area contributed by atoms with Crippen molar-refractivity contribution in [1.29, 1.82) is 0 Å². The monoisotopic (exact) mass is 373 g/mol. The van der Waals surface area contributed by atoms with Gasteiger partial charge in [-0.3, -0.25) is 9.10 Å². The molecule has 2 N–H and O–H groups in total. The minimum absolute atomic E-state index is 0. The maximum atomic E-state index is 12.5. The third kappa shape index (κ3) is 4.02. The lowest BCUT2D eigenvalue weighted by molar-refractivity contribution is 0.0914. The van der Waals surface area contributed by atoms with Gasteiger partial charge >= 0.3 is 0 Å². The van der Waals surface area contributed by atoms with Crippen LogP contribution in [0.2, 0.25) is 0 Å². The van der Waals surface area contributed by atoms with E-state index in [9.17, 15) is 13.2 Å². The highest BCUT2D eigenvalue weighted by atomic mass is 35.5. The van der Waals surface area contributed by atoms with Crippen LogP contribution in [0.1, 0.15) is 30.1 Å². The Labute approximate surface area is 149 Å². The molecule has 3 rings (SSSR count). The maximum absolute atomic E-state index is 12.5. The van der Waals surface area contributed by atoms with Gasteiger partial charge in [-0.15, -0.1) is 12.4 Å². The molecule has 2 saturated heterocycles. The topological polar surface area (TPSA) is 78.5 Å². The van der Waals surface area contributed by atoms with Gasteiger partial charge in [0, 0.05) is 18.2 Å². The molecular formula is C16H24ClN3O3S. The first-order valence-corrected chi connectivity index (χ1v) is 9.70. The third-order valence-corrected chi connectivity index (χ3v) is 6.47. The molecule has 2 atom stereocenters. The van der Waals surface area contributed by atoms with Crippen LogP contribution in [-0.4, -0.2) is 45.8 Å². The Morgan fingerprint density at radius 2 is 2.17 bits per heavy atom. The zero-order chi connectivity index (χ0) is 16.4. The van der Waals surface area contributed by atoms with Crippen LogP contribution < -0.4 is 14.9 Å². The molecule has 0 spiro atoms. The van der Waals surface area contributed by atoms with Gasteiger partial charge in [-0.05, 0) is 50.0 Å². The number of halogens is 1. The number of hydrogen-bond acceptors (Lipinski definition) is 4. The van der Waals surface area contributed by atoms with Crippen LogP contribution in [0.15, 0.2) is 24.3 Å². The molecule has 1 amide bonds. The molecule has 2 aliphatic rings. The van der Waals surface area contributed by atoms with Crippen molar-refractivity contribution in [1.82, 2.24) is 10.6 Å². The normalized spacial score (nSPS) is 25.8. The molecule has 0 bridgehead atoms. The first-order valence-electron chi connectivity index (χ1n) is 8.09. The molecule has 0 aliphatic carbocycles. The van der Waals surface area contributed by atoms with Crippen molar-refractivity contribution < 1.29 is 13.2 Å². The lowest BCUT2D eigenvalue weighted by Crippen LogP contribution is -2.48. The lowest BCUT2D eigenvalue weighted by Gasteiger charge is -2.30. The molecule has 6 nitrogen and oxygen atoms in total. The molecule has 0 saturated carbocycles. The second-order valence-electron chi connectivity index (χ2n) is 6.34. The van der Waals surface area contributed by atoms with E-state index < -0.39 is 10.0 Å². The fraction of sp³-hybridized carbons (Fsp3) is 0.562. The van der Waals surface area contributed by atoms with Gasteiger partial charge in [0.25, 0.3) is 5.91 Å². The highest BCUT2D eigenvalue weighted by Crippen LogP contribution is 2.25. The summed E-state index contributed by atoms with van der Waals surface area (Å²) in [5.74, 6) is 0.424. The fourth-order valence-electron chi connectivity index (χ4n) is 3.21. The molecule has 0 radical (unpaired) electrons. The molecule has 134 valence electrons. The Balaban J connectivity index is 0.00000208. The van der Waals surface area contributed by atoms with E-state index in [1.165, 1.54) is 4.31 Å². The number of nitrogens with zero attached hydrogens (tertiary/aromatic N) is 1. The average Bonchev–Trinajstić information content (AvgIpc) is 2.89. The van der Waals surface area contributed by atoms with Crippen molar-refractivity contribution in [3.05, 3.63) is 29.8 Å². The number of rotatable bonds is 3. The Kier molecular flexibility index (Phi) is 6.11. The van der Waals surface area contributed by atoms with Gasteiger partial charge < -0.3 is 10.6 Å². The summed E-state index contributed by atoms with van der Waals surface area (Å²) in [4.78, 5) is 12.5. The molecule has 1 aromatic rings. The fourth-order valence-corrected chi connectivity index (χ4v) is 4.77. The zero-order valence-electron chi connectivity index (χ0n) is 13.7. The standard InChI is InChI=1S/C16H23N3O3S.ClH/c1-12-11-17-7-6-15(12)18-16(20)13-4-2-5-14(10-13)19-8-3-9-23(19,21)22;/h2,4-5,10,12,15,17H,3,6-9,11H2,1H3,(H,18,20);1H.